The number of carbonyl (C=O) groups excluding carboxylic acids is 1. The Morgan fingerprint density at radius 2 is 2.17 bits per heavy atom. The van der Waals surface area contributed by atoms with Gasteiger partial charge in [-0.1, -0.05) is 6.92 Å². The Hall–Kier alpha value is -0.220. The van der Waals surface area contributed by atoms with Crippen LogP contribution < -0.4 is 5.32 Å². The van der Waals surface area contributed by atoms with Gasteiger partial charge in [-0.3, -0.25) is 4.79 Å². The van der Waals surface area contributed by atoms with E-state index in [1.54, 1.807) is 6.92 Å². The molecule has 2 N–H and O–H groups in total. The van der Waals surface area contributed by atoms with E-state index in [-0.39, 0.29) is 17.3 Å². The molecule has 0 aliphatic rings. The van der Waals surface area contributed by atoms with Crippen LogP contribution in [0.25, 0.3) is 0 Å². The summed E-state index contributed by atoms with van der Waals surface area (Å²) in [6.07, 6.45) is -0.357. The van der Waals surface area contributed by atoms with Crippen molar-refractivity contribution < 1.29 is 9.90 Å². The second-order valence-corrected chi connectivity index (χ2v) is 4.08. The Bertz CT molecular complexity index is 139. The van der Waals surface area contributed by atoms with Crippen LogP contribution in [0.1, 0.15) is 20.8 Å². The summed E-state index contributed by atoms with van der Waals surface area (Å²) in [5.74, 6) is 0.467. The van der Waals surface area contributed by atoms with E-state index in [0.717, 1.165) is 0 Å². The lowest BCUT2D eigenvalue weighted by atomic mass is 10.3. The monoisotopic (exact) mass is 191 g/mol. The zero-order valence-corrected chi connectivity index (χ0v) is 8.65. The standard InChI is InChI=1S/C8H17NO2S/c1-4-9-8(11)5-12-7(3)6(2)10/h6-7,10H,4-5H2,1-3H3,(H,9,11). The molecule has 0 heterocycles. The van der Waals surface area contributed by atoms with E-state index in [0.29, 0.717) is 12.3 Å². The van der Waals surface area contributed by atoms with Crippen molar-refractivity contribution in [3.63, 3.8) is 0 Å². The van der Waals surface area contributed by atoms with Crippen LogP contribution >= 0.6 is 11.8 Å². The normalized spacial score (nSPS) is 15.3. The Kier molecular flexibility index (Phi) is 6.20. The van der Waals surface area contributed by atoms with Crippen molar-refractivity contribution >= 4 is 17.7 Å². The molecule has 2 atom stereocenters. The van der Waals surface area contributed by atoms with Crippen LogP contribution in [0.5, 0.6) is 0 Å². The lowest BCUT2D eigenvalue weighted by molar-refractivity contribution is -0.118. The number of aliphatic hydroxyl groups excluding tert-OH is 1. The van der Waals surface area contributed by atoms with Gasteiger partial charge in [0.25, 0.3) is 0 Å². The molecule has 0 aliphatic heterocycles. The van der Waals surface area contributed by atoms with Crippen LogP contribution in [-0.2, 0) is 4.79 Å². The van der Waals surface area contributed by atoms with E-state index in [9.17, 15) is 4.79 Å². The van der Waals surface area contributed by atoms with Gasteiger partial charge in [-0.05, 0) is 13.8 Å². The van der Waals surface area contributed by atoms with Gasteiger partial charge in [0.1, 0.15) is 0 Å². The minimum absolute atomic E-state index is 0.0370. The third-order valence-corrected chi connectivity index (χ3v) is 2.88. The fourth-order valence-electron chi connectivity index (χ4n) is 0.595. The Labute approximate surface area is 77.9 Å². The van der Waals surface area contributed by atoms with Gasteiger partial charge in [0.05, 0.1) is 11.9 Å². The van der Waals surface area contributed by atoms with Crippen LogP contribution in [-0.4, -0.2) is 34.7 Å². The molecule has 0 saturated carbocycles. The van der Waals surface area contributed by atoms with Crippen molar-refractivity contribution in [2.24, 2.45) is 0 Å². The van der Waals surface area contributed by atoms with Gasteiger partial charge in [-0.2, -0.15) is 0 Å². The van der Waals surface area contributed by atoms with Gasteiger partial charge in [0, 0.05) is 11.8 Å². The summed E-state index contributed by atoms with van der Waals surface area (Å²) in [5.41, 5.74) is 0. The fourth-order valence-corrected chi connectivity index (χ4v) is 1.39. The number of amides is 1. The largest absolute Gasteiger partial charge is 0.392 e. The highest BCUT2D eigenvalue weighted by Gasteiger charge is 2.10. The van der Waals surface area contributed by atoms with E-state index < -0.39 is 0 Å². The maximum Gasteiger partial charge on any atom is 0.229 e. The molecular formula is C8H17NO2S. The molecule has 3 nitrogen and oxygen atoms in total. The fraction of sp³-hybridized carbons (Fsp3) is 0.875. The van der Waals surface area contributed by atoms with Crippen molar-refractivity contribution in [2.45, 2.75) is 32.1 Å². The predicted octanol–water partition coefficient (Wildman–Crippen LogP) is 0.625. The van der Waals surface area contributed by atoms with E-state index in [1.165, 1.54) is 11.8 Å². The molecule has 0 fully saturated rings. The van der Waals surface area contributed by atoms with Crippen LogP contribution in [0.3, 0.4) is 0 Å². The van der Waals surface area contributed by atoms with E-state index >= 15 is 0 Å². The average molecular weight is 191 g/mol. The van der Waals surface area contributed by atoms with Crippen molar-refractivity contribution in [2.75, 3.05) is 12.3 Å². The molecule has 0 radical (unpaired) electrons. The van der Waals surface area contributed by atoms with Gasteiger partial charge >= 0.3 is 0 Å². The third kappa shape index (κ3) is 5.43. The number of nitrogens with one attached hydrogen (secondary N) is 1. The maximum absolute atomic E-state index is 11.0. The minimum atomic E-state index is -0.357. The first-order chi connectivity index (χ1) is 5.57. The average Bonchev–Trinajstić information content (AvgIpc) is 2.00. The van der Waals surface area contributed by atoms with Crippen molar-refractivity contribution in [1.29, 1.82) is 0 Å². The number of carbonyl (C=O) groups is 1. The zero-order valence-electron chi connectivity index (χ0n) is 7.83. The first-order valence-corrected chi connectivity index (χ1v) is 5.19. The summed E-state index contributed by atoms with van der Waals surface area (Å²) < 4.78 is 0. The molecule has 4 heteroatoms. The van der Waals surface area contributed by atoms with E-state index in [2.05, 4.69) is 5.32 Å². The van der Waals surface area contributed by atoms with Crippen molar-refractivity contribution in [3.8, 4) is 0 Å². The van der Waals surface area contributed by atoms with E-state index in [4.69, 9.17) is 5.11 Å². The summed E-state index contributed by atoms with van der Waals surface area (Å²) in [6, 6.07) is 0. The Morgan fingerprint density at radius 3 is 2.58 bits per heavy atom. The summed E-state index contributed by atoms with van der Waals surface area (Å²) in [5, 5.41) is 11.9. The highest BCUT2D eigenvalue weighted by atomic mass is 32.2. The number of thioether (sulfide) groups is 1. The molecule has 2 unspecified atom stereocenters. The predicted molar refractivity (Wildman–Crippen MR) is 52.3 cm³/mol. The number of rotatable bonds is 5. The summed E-state index contributed by atoms with van der Waals surface area (Å²) in [7, 11) is 0. The Balaban J connectivity index is 3.47. The SMILES string of the molecule is CCNC(=O)CSC(C)C(C)O. The van der Waals surface area contributed by atoms with Gasteiger partial charge < -0.3 is 10.4 Å². The zero-order chi connectivity index (χ0) is 9.56. The molecule has 0 aliphatic carbocycles. The van der Waals surface area contributed by atoms with E-state index in [1.807, 2.05) is 13.8 Å². The van der Waals surface area contributed by atoms with Gasteiger partial charge in [0.2, 0.25) is 5.91 Å². The summed E-state index contributed by atoms with van der Waals surface area (Å²) in [6.45, 7) is 6.20. The highest BCUT2D eigenvalue weighted by Crippen LogP contribution is 2.13. The van der Waals surface area contributed by atoms with Crippen LogP contribution in [0.2, 0.25) is 0 Å². The maximum atomic E-state index is 11.0. The molecule has 0 rings (SSSR count). The second-order valence-electron chi connectivity index (χ2n) is 2.71. The van der Waals surface area contributed by atoms with Crippen LogP contribution in [0.15, 0.2) is 0 Å². The van der Waals surface area contributed by atoms with Crippen LogP contribution in [0, 0.1) is 0 Å². The molecule has 0 spiro atoms. The summed E-state index contributed by atoms with van der Waals surface area (Å²) in [4.78, 5) is 11.0. The molecule has 1 amide bonds. The third-order valence-electron chi connectivity index (χ3n) is 1.53. The van der Waals surface area contributed by atoms with Crippen molar-refractivity contribution in [1.82, 2.24) is 5.32 Å². The van der Waals surface area contributed by atoms with Crippen LogP contribution in [0.4, 0.5) is 0 Å². The molecular weight excluding hydrogens is 174 g/mol. The first kappa shape index (κ1) is 11.8. The quantitative estimate of drug-likeness (QED) is 0.670. The molecule has 12 heavy (non-hydrogen) atoms. The second kappa shape index (κ2) is 6.31. The molecule has 0 bridgehead atoms. The first-order valence-electron chi connectivity index (χ1n) is 4.14. The molecule has 0 saturated heterocycles. The molecule has 72 valence electrons. The number of hydrogen-bond acceptors (Lipinski definition) is 3. The lowest BCUT2D eigenvalue weighted by Crippen LogP contribution is -2.26. The number of aliphatic hydroxyl groups is 1. The smallest absolute Gasteiger partial charge is 0.229 e. The molecule has 0 aromatic rings. The van der Waals surface area contributed by atoms with Gasteiger partial charge in [-0.25, -0.2) is 0 Å². The van der Waals surface area contributed by atoms with Crippen molar-refractivity contribution in [3.05, 3.63) is 0 Å². The van der Waals surface area contributed by atoms with Gasteiger partial charge in [-0.15, -0.1) is 11.8 Å². The molecule has 0 aromatic carbocycles. The topological polar surface area (TPSA) is 49.3 Å². The summed E-state index contributed by atoms with van der Waals surface area (Å²) >= 11 is 1.47. The lowest BCUT2D eigenvalue weighted by Gasteiger charge is -2.13. The number of hydrogen-bond donors (Lipinski definition) is 2. The highest BCUT2D eigenvalue weighted by molar-refractivity contribution is 8.00. The minimum Gasteiger partial charge on any atom is -0.392 e. The molecule has 0 aromatic heterocycles. The Morgan fingerprint density at radius 1 is 1.58 bits per heavy atom. The van der Waals surface area contributed by atoms with Gasteiger partial charge in [0.15, 0.2) is 0 Å².